The molecule has 0 aromatic heterocycles. The molecule has 3 aliphatic carbocycles. The van der Waals surface area contributed by atoms with Crippen LogP contribution < -0.4 is 0 Å². The second kappa shape index (κ2) is 8.79. The molecule has 3 aliphatic rings. The molecular weight excluding hydrogens is 444 g/mol. The van der Waals surface area contributed by atoms with Crippen molar-refractivity contribution in [2.45, 2.75) is 85.7 Å². The Balaban J connectivity index is 1.89. The molecule has 0 heterocycles. The number of aldehydes is 2. The van der Waals surface area contributed by atoms with E-state index in [1.165, 1.54) is 0 Å². The molecule has 1 aromatic carbocycles. The molecular formula is C29H42O6. The first-order chi connectivity index (χ1) is 16.3. The van der Waals surface area contributed by atoms with Gasteiger partial charge in [-0.3, -0.25) is 9.59 Å². The third-order valence-electron chi connectivity index (χ3n) is 10.4. The highest BCUT2D eigenvalue weighted by atomic mass is 16.3. The van der Waals surface area contributed by atoms with Crippen molar-refractivity contribution in [2.24, 2.45) is 46.3 Å². The molecule has 0 amide bonds. The lowest BCUT2D eigenvalue weighted by atomic mass is 9.48. The minimum Gasteiger partial charge on any atom is -0.507 e. The van der Waals surface area contributed by atoms with Crippen molar-refractivity contribution < 1.29 is 30.0 Å². The van der Waals surface area contributed by atoms with Gasteiger partial charge in [-0.2, -0.15) is 0 Å². The summed E-state index contributed by atoms with van der Waals surface area (Å²) in [6, 6.07) is 0. The van der Waals surface area contributed by atoms with E-state index in [0.29, 0.717) is 36.7 Å². The molecule has 6 nitrogen and oxygen atoms in total. The molecule has 194 valence electrons. The number of benzene rings is 1. The van der Waals surface area contributed by atoms with Crippen LogP contribution in [-0.2, 0) is 0 Å². The highest BCUT2D eigenvalue weighted by Crippen LogP contribution is 2.76. The first kappa shape index (κ1) is 26.0. The number of carbonyl (C=O) groups is 2. The Kier molecular flexibility index (Phi) is 6.53. The highest BCUT2D eigenvalue weighted by molar-refractivity contribution is 5.95. The van der Waals surface area contributed by atoms with E-state index >= 15 is 0 Å². The number of fused-ring (bicyclic) bond motifs is 3. The second-order valence-electron chi connectivity index (χ2n) is 12.9. The maximum atomic E-state index is 11.8. The maximum absolute atomic E-state index is 11.8. The van der Waals surface area contributed by atoms with Crippen molar-refractivity contribution in [3.8, 4) is 17.2 Å². The topological polar surface area (TPSA) is 115 Å². The Hall–Kier alpha value is -2.08. The number of phenols is 3. The van der Waals surface area contributed by atoms with Gasteiger partial charge < -0.3 is 20.4 Å². The summed E-state index contributed by atoms with van der Waals surface area (Å²) in [4.78, 5) is 23.6. The van der Waals surface area contributed by atoms with Crippen LogP contribution in [-0.4, -0.2) is 39.1 Å². The molecule has 6 heteroatoms. The first-order valence-corrected chi connectivity index (χ1v) is 13.2. The standard InChI is InChI=1S/C29H42O6/c1-14(2)11-17(22-26(34)18(12-30)25(33)19(13-31)27(22)35)20-8-7-16(15(3)32)23-24-21(28(24,4)5)9-10-29(20,23)6/h12-17,20-21,23-24,32-35H,7-11H2,1-6H3/t15?,16?,17-,20-,21?,23+,24-,29-/m0/s1. The summed E-state index contributed by atoms with van der Waals surface area (Å²) < 4.78 is 0. The van der Waals surface area contributed by atoms with Crippen molar-refractivity contribution in [3.05, 3.63) is 16.7 Å². The van der Waals surface area contributed by atoms with E-state index in [2.05, 4.69) is 34.6 Å². The van der Waals surface area contributed by atoms with Gasteiger partial charge in [-0.25, -0.2) is 0 Å². The van der Waals surface area contributed by atoms with Gasteiger partial charge in [0, 0.05) is 5.56 Å². The van der Waals surface area contributed by atoms with Crippen molar-refractivity contribution in [2.75, 3.05) is 0 Å². The number of carbonyl (C=O) groups excluding carboxylic acids is 2. The number of aromatic hydroxyl groups is 3. The summed E-state index contributed by atoms with van der Waals surface area (Å²) in [7, 11) is 0. The molecule has 0 bridgehead atoms. The number of hydrogen-bond donors (Lipinski definition) is 4. The monoisotopic (exact) mass is 486 g/mol. The quantitative estimate of drug-likeness (QED) is 0.370. The molecule has 35 heavy (non-hydrogen) atoms. The minimum atomic E-state index is -0.681. The maximum Gasteiger partial charge on any atom is 0.157 e. The molecule has 4 rings (SSSR count). The molecule has 3 unspecified atom stereocenters. The average molecular weight is 487 g/mol. The van der Waals surface area contributed by atoms with Crippen LogP contribution in [0.15, 0.2) is 0 Å². The van der Waals surface area contributed by atoms with E-state index in [-0.39, 0.29) is 51.2 Å². The summed E-state index contributed by atoms with van der Waals surface area (Å²) in [6.45, 7) is 13.1. The van der Waals surface area contributed by atoms with Gasteiger partial charge in [-0.15, -0.1) is 0 Å². The van der Waals surface area contributed by atoms with Gasteiger partial charge in [0.1, 0.15) is 17.2 Å². The fraction of sp³-hybridized carbons (Fsp3) is 0.724. The van der Waals surface area contributed by atoms with Crippen molar-refractivity contribution in [3.63, 3.8) is 0 Å². The predicted octanol–water partition coefficient (Wildman–Crippen LogP) is 5.65. The van der Waals surface area contributed by atoms with Crippen LogP contribution >= 0.6 is 0 Å². The Labute approximate surface area is 208 Å². The van der Waals surface area contributed by atoms with Crippen LogP contribution in [0.3, 0.4) is 0 Å². The zero-order valence-corrected chi connectivity index (χ0v) is 21.9. The summed E-state index contributed by atoms with van der Waals surface area (Å²) in [5.41, 5.74) is -0.379. The van der Waals surface area contributed by atoms with E-state index in [4.69, 9.17) is 0 Å². The lowest BCUT2D eigenvalue weighted by Crippen LogP contribution is -2.51. The van der Waals surface area contributed by atoms with E-state index in [1.807, 2.05) is 6.92 Å². The van der Waals surface area contributed by atoms with Crippen LogP contribution in [0, 0.1) is 46.3 Å². The fourth-order valence-electron chi connectivity index (χ4n) is 8.70. The van der Waals surface area contributed by atoms with Gasteiger partial charge in [0.05, 0.1) is 17.2 Å². The Bertz CT molecular complexity index is 974. The van der Waals surface area contributed by atoms with Gasteiger partial charge in [0.25, 0.3) is 0 Å². The second-order valence-corrected chi connectivity index (χ2v) is 12.9. The zero-order chi connectivity index (χ0) is 26.0. The molecule has 0 saturated heterocycles. The van der Waals surface area contributed by atoms with Crippen LogP contribution in [0.25, 0.3) is 0 Å². The van der Waals surface area contributed by atoms with Gasteiger partial charge in [0.2, 0.25) is 0 Å². The molecule has 0 aliphatic heterocycles. The van der Waals surface area contributed by atoms with Gasteiger partial charge >= 0.3 is 0 Å². The average Bonchev–Trinajstić information content (AvgIpc) is 3.32. The summed E-state index contributed by atoms with van der Waals surface area (Å²) in [5, 5.41) is 43.4. The van der Waals surface area contributed by atoms with Gasteiger partial charge in [0.15, 0.2) is 12.6 Å². The number of phenolic OH excluding ortho intramolecular Hbond substituents is 3. The summed E-state index contributed by atoms with van der Waals surface area (Å²) in [5.74, 6) is 0.192. The van der Waals surface area contributed by atoms with E-state index in [1.54, 1.807) is 0 Å². The highest BCUT2D eigenvalue weighted by Gasteiger charge is 2.70. The molecule has 4 N–H and O–H groups in total. The smallest absolute Gasteiger partial charge is 0.157 e. The normalized spacial score (nSPS) is 35.0. The molecule has 3 fully saturated rings. The molecule has 0 spiro atoms. The van der Waals surface area contributed by atoms with E-state index < -0.39 is 23.4 Å². The number of aliphatic hydroxyl groups excluding tert-OH is 1. The lowest BCUT2D eigenvalue weighted by molar-refractivity contribution is -0.0938. The molecule has 0 radical (unpaired) electrons. The van der Waals surface area contributed by atoms with Crippen LogP contribution in [0.2, 0.25) is 0 Å². The first-order valence-electron chi connectivity index (χ1n) is 13.2. The third kappa shape index (κ3) is 3.78. The minimum absolute atomic E-state index is 0.0857. The summed E-state index contributed by atoms with van der Waals surface area (Å²) in [6.07, 6.45) is 4.76. The van der Waals surface area contributed by atoms with Gasteiger partial charge in [-0.05, 0) is 91.3 Å². The van der Waals surface area contributed by atoms with Crippen LogP contribution in [0.1, 0.15) is 106 Å². The SMILES string of the molecule is CC(C)C[C@H](c1c(O)c(C=O)c(O)c(C=O)c1O)[C@@H]1CCC(C(C)O)[C@@H]2[C@@H]3C(CC[C@]21C)C3(C)C. The fourth-order valence-corrected chi connectivity index (χ4v) is 8.70. The number of aliphatic hydroxyl groups is 1. The number of rotatable bonds is 7. The van der Waals surface area contributed by atoms with Crippen molar-refractivity contribution >= 4 is 12.6 Å². The Morgan fingerprint density at radius 1 is 0.886 bits per heavy atom. The van der Waals surface area contributed by atoms with Gasteiger partial charge in [-0.1, -0.05) is 34.6 Å². The predicted molar refractivity (Wildman–Crippen MR) is 134 cm³/mol. The van der Waals surface area contributed by atoms with E-state index in [0.717, 1.165) is 25.7 Å². The van der Waals surface area contributed by atoms with Crippen molar-refractivity contribution in [1.82, 2.24) is 0 Å². The number of hydrogen-bond acceptors (Lipinski definition) is 6. The molecule has 1 aromatic rings. The summed E-state index contributed by atoms with van der Waals surface area (Å²) >= 11 is 0. The third-order valence-corrected chi connectivity index (χ3v) is 10.4. The Morgan fingerprint density at radius 3 is 1.94 bits per heavy atom. The van der Waals surface area contributed by atoms with Crippen LogP contribution in [0.5, 0.6) is 17.2 Å². The zero-order valence-electron chi connectivity index (χ0n) is 21.9. The van der Waals surface area contributed by atoms with Crippen molar-refractivity contribution in [1.29, 1.82) is 0 Å². The molecule has 8 atom stereocenters. The van der Waals surface area contributed by atoms with Crippen LogP contribution in [0.4, 0.5) is 0 Å². The molecule has 3 saturated carbocycles. The largest absolute Gasteiger partial charge is 0.507 e. The Morgan fingerprint density at radius 2 is 1.46 bits per heavy atom. The van der Waals surface area contributed by atoms with E-state index in [9.17, 15) is 30.0 Å². The lowest BCUT2D eigenvalue weighted by Gasteiger charge is -2.57.